The SMILES string of the molecule is O=c1[nH]c(-c2nccs2)nc(C(F)(F)C(F)(F)F)c1Oc1ccc(Cl)c(C(F)(F)F)c1. The molecule has 0 atom stereocenters. The summed E-state index contributed by atoms with van der Waals surface area (Å²) in [4.78, 5) is 21.0. The van der Waals surface area contributed by atoms with Gasteiger partial charge in [-0.25, -0.2) is 9.97 Å². The van der Waals surface area contributed by atoms with E-state index in [0.29, 0.717) is 6.07 Å². The van der Waals surface area contributed by atoms with E-state index in [2.05, 4.69) is 9.97 Å². The zero-order valence-corrected chi connectivity index (χ0v) is 16.0. The van der Waals surface area contributed by atoms with E-state index in [1.54, 1.807) is 0 Å². The molecular formula is C16H6ClF8N3O2S. The Balaban J connectivity index is 2.20. The minimum absolute atomic E-state index is 0.186. The molecule has 0 radical (unpaired) electrons. The van der Waals surface area contributed by atoms with Crippen LogP contribution in [0.2, 0.25) is 5.02 Å². The number of rotatable bonds is 4. The van der Waals surface area contributed by atoms with Crippen molar-refractivity contribution in [3.8, 4) is 22.3 Å². The monoisotopic (exact) mass is 491 g/mol. The maximum atomic E-state index is 14.1. The quantitative estimate of drug-likeness (QED) is 0.454. The summed E-state index contributed by atoms with van der Waals surface area (Å²) < 4.78 is 111. The predicted octanol–water partition coefficient (Wildman–Crippen LogP) is 6.01. The molecule has 2 heterocycles. The van der Waals surface area contributed by atoms with Crippen LogP contribution in [0.4, 0.5) is 35.1 Å². The number of halogens is 9. The highest BCUT2D eigenvalue weighted by Crippen LogP contribution is 2.46. The summed E-state index contributed by atoms with van der Waals surface area (Å²) in [6, 6.07) is 1.67. The van der Waals surface area contributed by atoms with Gasteiger partial charge in [-0.2, -0.15) is 35.1 Å². The fraction of sp³-hybridized carbons (Fsp3) is 0.188. The Kier molecular flexibility index (Phi) is 5.73. The summed E-state index contributed by atoms with van der Waals surface area (Å²) in [5.74, 6) is -8.90. The van der Waals surface area contributed by atoms with Crippen molar-refractivity contribution >= 4 is 22.9 Å². The molecule has 0 amide bonds. The molecule has 1 N–H and O–H groups in total. The number of hydrogen-bond acceptors (Lipinski definition) is 5. The van der Waals surface area contributed by atoms with E-state index in [4.69, 9.17) is 16.3 Å². The minimum atomic E-state index is -6.19. The average Bonchev–Trinajstić information content (AvgIpc) is 3.17. The molecule has 0 aliphatic carbocycles. The maximum Gasteiger partial charge on any atom is 0.459 e. The van der Waals surface area contributed by atoms with Crippen LogP contribution in [0.5, 0.6) is 11.5 Å². The molecular weight excluding hydrogens is 486 g/mol. The Labute approximate surface area is 175 Å². The van der Waals surface area contributed by atoms with Crippen LogP contribution >= 0.6 is 22.9 Å². The Morgan fingerprint density at radius 2 is 1.74 bits per heavy atom. The highest BCUT2D eigenvalue weighted by atomic mass is 35.5. The van der Waals surface area contributed by atoms with Gasteiger partial charge >= 0.3 is 18.3 Å². The second-order valence-corrected chi connectivity index (χ2v) is 7.04. The second kappa shape index (κ2) is 7.75. The van der Waals surface area contributed by atoms with Crippen LogP contribution in [0.1, 0.15) is 11.3 Å². The summed E-state index contributed by atoms with van der Waals surface area (Å²) >= 11 is 6.20. The second-order valence-electron chi connectivity index (χ2n) is 5.74. The van der Waals surface area contributed by atoms with Crippen LogP contribution in [0.25, 0.3) is 10.8 Å². The summed E-state index contributed by atoms with van der Waals surface area (Å²) in [7, 11) is 0. The van der Waals surface area contributed by atoms with Gasteiger partial charge in [0, 0.05) is 11.6 Å². The van der Waals surface area contributed by atoms with Gasteiger partial charge in [0.15, 0.2) is 16.5 Å². The van der Waals surface area contributed by atoms with Crippen molar-refractivity contribution in [2.24, 2.45) is 0 Å². The number of ether oxygens (including phenoxy) is 1. The molecule has 15 heteroatoms. The van der Waals surface area contributed by atoms with Crippen LogP contribution < -0.4 is 10.3 Å². The number of hydrogen-bond donors (Lipinski definition) is 1. The number of alkyl halides is 8. The molecule has 3 aromatic rings. The standard InChI is InChI=1S/C16H6ClF8N3O2S/c17-8-2-1-6(5-7(8)15(20,21)22)30-9-10(14(18,19)16(23,24)25)27-11(28-12(9)29)13-26-3-4-31-13/h1-5H,(H,27,28,29). The van der Waals surface area contributed by atoms with Crippen LogP contribution in [-0.2, 0) is 12.1 Å². The molecule has 0 bridgehead atoms. The van der Waals surface area contributed by atoms with Crippen LogP contribution in [0.3, 0.4) is 0 Å². The Bertz CT molecular complexity index is 1160. The number of aromatic amines is 1. The smallest absolute Gasteiger partial charge is 0.449 e. The van der Waals surface area contributed by atoms with Crippen molar-refractivity contribution in [2.45, 2.75) is 18.3 Å². The van der Waals surface area contributed by atoms with Crippen LogP contribution in [-0.4, -0.2) is 21.1 Å². The van der Waals surface area contributed by atoms with E-state index < -0.39 is 57.4 Å². The van der Waals surface area contributed by atoms with E-state index in [9.17, 15) is 39.9 Å². The number of benzene rings is 1. The molecule has 1 aromatic carbocycles. The lowest BCUT2D eigenvalue weighted by molar-refractivity contribution is -0.291. The van der Waals surface area contributed by atoms with Gasteiger partial charge in [-0.3, -0.25) is 4.79 Å². The molecule has 0 aliphatic heterocycles. The summed E-state index contributed by atoms with van der Waals surface area (Å²) in [6.07, 6.45) is -10.0. The number of H-pyrrole nitrogens is 1. The predicted molar refractivity (Wildman–Crippen MR) is 92.4 cm³/mol. The lowest BCUT2D eigenvalue weighted by Gasteiger charge is -2.21. The normalized spacial score (nSPS) is 12.8. The molecule has 166 valence electrons. The number of nitrogens with one attached hydrogen (secondary N) is 1. The third kappa shape index (κ3) is 4.49. The molecule has 0 fully saturated rings. The van der Waals surface area contributed by atoms with Crippen molar-refractivity contribution in [3.05, 3.63) is 56.4 Å². The maximum absolute atomic E-state index is 14.1. The Morgan fingerprint density at radius 3 is 2.29 bits per heavy atom. The molecule has 0 saturated heterocycles. The zero-order valence-electron chi connectivity index (χ0n) is 14.4. The fourth-order valence-electron chi connectivity index (χ4n) is 2.25. The van der Waals surface area contributed by atoms with Gasteiger partial charge in [0.1, 0.15) is 5.75 Å². The molecule has 0 unspecified atom stereocenters. The highest BCUT2D eigenvalue weighted by Gasteiger charge is 2.62. The number of nitrogens with zero attached hydrogens (tertiary/aromatic N) is 2. The summed E-state index contributed by atoms with van der Waals surface area (Å²) in [5, 5.41) is 0.369. The van der Waals surface area contributed by atoms with E-state index >= 15 is 0 Å². The Hall–Kier alpha value is -2.74. The first kappa shape index (κ1) is 22.9. The third-order valence-electron chi connectivity index (χ3n) is 3.63. The van der Waals surface area contributed by atoms with E-state index in [-0.39, 0.29) is 11.1 Å². The van der Waals surface area contributed by atoms with Crippen molar-refractivity contribution in [1.82, 2.24) is 15.0 Å². The zero-order chi connectivity index (χ0) is 23.2. The van der Waals surface area contributed by atoms with Crippen molar-refractivity contribution < 1.29 is 39.9 Å². The molecule has 5 nitrogen and oxygen atoms in total. The lowest BCUT2D eigenvalue weighted by atomic mass is 10.2. The molecule has 0 aliphatic rings. The van der Waals surface area contributed by atoms with Gasteiger partial charge in [0.25, 0.3) is 5.56 Å². The number of aromatic nitrogens is 3. The van der Waals surface area contributed by atoms with Gasteiger partial charge in [-0.05, 0) is 18.2 Å². The van der Waals surface area contributed by atoms with Crippen LogP contribution in [0, 0.1) is 0 Å². The van der Waals surface area contributed by atoms with Gasteiger partial charge in [0.05, 0.1) is 10.6 Å². The topological polar surface area (TPSA) is 67.9 Å². The van der Waals surface area contributed by atoms with Gasteiger partial charge in [-0.1, -0.05) is 11.6 Å². The van der Waals surface area contributed by atoms with E-state index in [1.165, 1.54) is 11.6 Å². The van der Waals surface area contributed by atoms with Crippen LogP contribution in [0.15, 0.2) is 34.6 Å². The van der Waals surface area contributed by atoms with E-state index in [0.717, 1.165) is 17.4 Å². The molecule has 0 spiro atoms. The first-order chi connectivity index (χ1) is 14.2. The first-order valence-electron chi connectivity index (χ1n) is 7.75. The third-order valence-corrected chi connectivity index (χ3v) is 4.74. The first-order valence-corrected chi connectivity index (χ1v) is 9.01. The fourth-order valence-corrected chi connectivity index (χ4v) is 3.05. The minimum Gasteiger partial charge on any atom is -0.449 e. The van der Waals surface area contributed by atoms with E-state index in [1.807, 2.05) is 4.98 Å². The average molecular weight is 492 g/mol. The molecule has 3 rings (SSSR count). The highest BCUT2D eigenvalue weighted by molar-refractivity contribution is 7.13. The molecule has 0 saturated carbocycles. The van der Waals surface area contributed by atoms with Gasteiger partial charge in [-0.15, -0.1) is 11.3 Å². The summed E-state index contributed by atoms with van der Waals surface area (Å²) in [5.41, 5.74) is -5.19. The molecule has 31 heavy (non-hydrogen) atoms. The van der Waals surface area contributed by atoms with Crippen molar-refractivity contribution in [3.63, 3.8) is 0 Å². The number of thiazole rings is 1. The largest absolute Gasteiger partial charge is 0.459 e. The van der Waals surface area contributed by atoms with Crippen molar-refractivity contribution in [2.75, 3.05) is 0 Å². The lowest BCUT2D eigenvalue weighted by Crippen LogP contribution is -2.36. The van der Waals surface area contributed by atoms with Crippen molar-refractivity contribution in [1.29, 1.82) is 0 Å². The Morgan fingerprint density at radius 1 is 1.06 bits per heavy atom. The van der Waals surface area contributed by atoms with Gasteiger partial charge in [0.2, 0.25) is 5.75 Å². The summed E-state index contributed by atoms with van der Waals surface area (Å²) in [6.45, 7) is 0. The van der Waals surface area contributed by atoms with Gasteiger partial charge < -0.3 is 9.72 Å². The molecule has 2 aromatic heterocycles.